The second kappa shape index (κ2) is 4.91. The molecular weight excluding hydrogens is 214 g/mol. The standard InChI is InChI=1S/C13H17N3O/c1-3-10-9-13(14)15-16(10)11-5-7-12(8-6-11)17-4-2/h5-9H,3-4H2,1-2H3,(H2,14,15). The van der Waals surface area contributed by atoms with Crippen LogP contribution in [0, 0.1) is 0 Å². The van der Waals surface area contributed by atoms with Gasteiger partial charge in [0.15, 0.2) is 0 Å². The first-order valence-corrected chi connectivity index (χ1v) is 5.82. The van der Waals surface area contributed by atoms with Crippen LogP contribution in [0.25, 0.3) is 5.69 Å². The van der Waals surface area contributed by atoms with Crippen molar-refractivity contribution in [1.29, 1.82) is 0 Å². The number of nitrogen functional groups attached to an aromatic ring is 1. The molecule has 0 bridgehead atoms. The van der Waals surface area contributed by atoms with Crippen molar-refractivity contribution >= 4 is 5.82 Å². The van der Waals surface area contributed by atoms with Gasteiger partial charge in [-0.2, -0.15) is 5.10 Å². The summed E-state index contributed by atoms with van der Waals surface area (Å²) in [5.41, 5.74) is 7.82. The lowest BCUT2D eigenvalue weighted by Crippen LogP contribution is -2.01. The second-order valence-electron chi connectivity index (χ2n) is 3.75. The van der Waals surface area contributed by atoms with Crippen molar-refractivity contribution in [3.05, 3.63) is 36.0 Å². The molecule has 2 aromatic rings. The predicted molar refractivity (Wildman–Crippen MR) is 68.5 cm³/mol. The number of aryl methyl sites for hydroxylation is 1. The van der Waals surface area contributed by atoms with Gasteiger partial charge in [-0.25, -0.2) is 4.68 Å². The fourth-order valence-electron chi connectivity index (χ4n) is 1.77. The van der Waals surface area contributed by atoms with Gasteiger partial charge in [0.2, 0.25) is 0 Å². The Hall–Kier alpha value is -1.97. The van der Waals surface area contributed by atoms with E-state index in [1.54, 1.807) is 0 Å². The van der Waals surface area contributed by atoms with Crippen LogP contribution in [0.2, 0.25) is 0 Å². The van der Waals surface area contributed by atoms with Gasteiger partial charge in [0.1, 0.15) is 11.6 Å². The second-order valence-corrected chi connectivity index (χ2v) is 3.75. The van der Waals surface area contributed by atoms with Crippen molar-refractivity contribution in [3.63, 3.8) is 0 Å². The van der Waals surface area contributed by atoms with Crippen LogP contribution in [0.1, 0.15) is 19.5 Å². The minimum absolute atomic E-state index is 0.552. The van der Waals surface area contributed by atoms with Crippen LogP contribution >= 0.6 is 0 Å². The van der Waals surface area contributed by atoms with Crippen molar-refractivity contribution in [3.8, 4) is 11.4 Å². The molecule has 0 aliphatic carbocycles. The van der Waals surface area contributed by atoms with Crippen LogP contribution < -0.4 is 10.5 Å². The van der Waals surface area contributed by atoms with Gasteiger partial charge >= 0.3 is 0 Å². The summed E-state index contributed by atoms with van der Waals surface area (Å²) in [6, 6.07) is 9.75. The van der Waals surface area contributed by atoms with E-state index in [0.29, 0.717) is 12.4 Å². The van der Waals surface area contributed by atoms with E-state index in [1.165, 1.54) is 0 Å². The Balaban J connectivity index is 2.32. The lowest BCUT2D eigenvalue weighted by Gasteiger charge is -2.07. The molecule has 4 nitrogen and oxygen atoms in total. The molecule has 0 saturated carbocycles. The SMILES string of the molecule is CCOc1ccc(-n2nc(N)cc2CC)cc1. The van der Waals surface area contributed by atoms with Crippen LogP contribution in [0.15, 0.2) is 30.3 Å². The number of nitrogens with two attached hydrogens (primary N) is 1. The summed E-state index contributed by atoms with van der Waals surface area (Å²) in [6.45, 7) is 4.73. The van der Waals surface area contributed by atoms with Gasteiger partial charge in [0, 0.05) is 11.8 Å². The molecule has 0 aliphatic heterocycles. The first kappa shape index (κ1) is 11.5. The van der Waals surface area contributed by atoms with Crippen molar-refractivity contribution in [1.82, 2.24) is 9.78 Å². The zero-order valence-corrected chi connectivity index (χ0v) is 10.2. The Labute approximate surface area is 101 Å². The van der Waals surface area contributed by atoms with E-state index in [0.717, 1.165) is 23.6 Å². The van der Waals surface area contributed by atoms with Gasteiger partial charge in [-0.1, -0.05) is 6.92 Å². The molecule has 0 atom stereocenters. The number of hydrogen-bond donors (Lipinski definition) is 1. The molecule has 1 aromatic heterocycles. The molecule has 90 valence electrons. The van der Waals surface area contributed by atoms with Gasteiger partial charge in [-0.3, -0.25) is 0 Å². The largest absolute Gasteiger partial charge is 0.494 e. The molecule has 1 aromatic carbocycles. The van der Waals surface area contributed by atoms with E-state index in [-0.39, 0.29) is 0 Å². The number of aromatic nitrogens is 2. The lowest BCUT2D eigenvalue weighted by atomic mass is 10.2. The lowest BCUT2D eigenvalue weighted by molar-refractivity contribution is 0.340. The number of nitrogens with zero attached hydrogens (tertiary/aromatic N) is 2. The summed E-state index contributed by atoms with van der Waals surface area (Å²) in [6.07, 6.45) is 0.900. The van der Waals surface area contributed by atoms with E-state index < -0.39 is 0 Å². The Bertz CT molecular complexity index is 488. The average molecular weight is 231 g/mol. The average Bonchev–Trinajstić information content (AvgIpc) is 2.72. The number of rotatable bonds is 4. The van der Waals surface area contributed by atoms with Crippen LogP contribution in [-0.2, 0) is 6.42 Å². The maximum atomic E-state index is 5.71. The summed E-state index contributed by atoms with van der Waals surface area (Å²) in [5.74, 6) is 1.42. The predicted octanol–water partition coefficient (Wildman–Crippen LogP) is 2.42. The smallest absolute Gasteiger partial charge is 0.146 e. The molecule has 0 spiro atoms. The maximum absolute atomic E-state index is 5.71. The van der Waals surface area contributed by atoms with Crippen molar-refractivity contribution < 1.29 is 4.74 Å². The zero-order valence-electron chi connectivity index (χ0n) is 10.2. The highest BCUT2D eigenvalue weighted by Crippen LogP contribution is 2.18. The summed E-state index contributed by atoms with van der Waals surface area (Å²) in [4.78, 5) is 0. The van der Waals surface area contributed by atoms with Crippen molar-refractivity contribution in [2.45, 2.75) is 20.3 Å². The van der Waals surface area contributed by atoms with E-state index in [9.17, 15) is 0 Å². The Kier molecular flexibility index (Phi) is 3.32. The van der Waals surface area contributed by atoms with Gasteiger partial charge in [-0.15, -0.1) is 0 Å². The van der Waals surface area contributed by atoms with Crippen LogP contribution in [0.3, 0.4) is 0 Å². The molecule has 0 radical (unpaired) electrons. The van der Waals surface area contributed by atoms with E-state index in [1.807, 2.05) is 41.9 Å². The quantitative estimate of drug-likeness (QED) is 0.879. The summed E-state index contributed by atoms with van der Waals surface area (Å²) in [7, 11) is 0. The third kappa shape index (κ3) is 2.41. The Morgan fingerprint density at radius 2 is 1.94 bits per heavy atom. The van der Waals surface area contributed by atoms with E-state index >= 15 is 0 Å². The zero-order chi connectivity index (χ0) is 12.3. The van der Waals surface area contributed by atoms with E-state index in [4.69, 9.17) is 10.5 Å². The van der Waals surface area contributed by atoms with Crippen LogP contribution in [0.5, 0.6) is 5.75 Å². The van der Waals surface area contributed by atoms with Gasteiger partial charge in [0.25, 0.3) is 0 Å². The van der Waals surface area contributed by atoms with Crippen LogP contribution in [0.4, 0.5) is 5.82 Å². The number of ether oxygens (including phenoxy) is 1. The number of hydrogen-bond acceptors (Lipinski definition) is 3. The third-order valence-corrected chi connectivity index (χ3v) is 2.56. The number of anilines is 1. The molecule has 0 unspecified atom stereocenters. The molecule has 2 N–H and O–H groups in total. The Morgan fingerprint density at radius 3 is 2.53 bits per heavy atom. The third-order valence-electron chi connectivity index (χ3n) is 2.56. The highest BCUT2D eigenvalue weighted by molar-refractivity contribution is 5.41. The molecule has 4 heteroatoms. The topological polar surface area (TPSA) is 53.1 Å². The molecule has 0 fully saturated rings. The van der Waals surface area contributed by atoms with E-state index in [2.05, 4.69) is 12.0 Å². The van der Waals surface area contributed by atoms with Gasteiger partial charge in [-0.05, 0) is 37.6 Å². The summed E-state index contributed by atoms with van der Waals surface area (Å²) < 4.78 is 7.27. The van der Waals surface area contributed by atoms with Crippen LogP contribution in [-0.4, -0.2) is 16.4 Å². The maximum Gasteiger partial charge on any atom is 0.146 e. The van der Waals surface area contributed by atoms with Gasteiger partial charge < -0.3 is 10.5 Å². The highest BCUT2D eigenvalue weighted by Gasteiger charge is 2.06. The minimum Gasteiger partial charge on any atom is -0.494 e. The fraction of sp³-hybridized carbons (Fsp3) is 0.308. The normalized spacial score (nSPS) is 10.5. The Morgan fingerprint density at radius 1 is 1.24 bits per heavy atom. The molecule has 0 saturated heterocycles. The monoisotopic (exact) mass is 231 g/mol. The first-order valence-electron chi connectivity index (χ1n) is 5.82. The molecule has 0 aliphatic rings. The highest BCUT2D eigenvalue weighted by atomic mass is 16.5. The molecular formula is C13H17N3O. The summed E-state index contributed by atoms with van der Waals surface area (Å²) >= 11 is 0. The first-order chi connectivity index (χ1) is 8.24. The van der Waals surface area contributed by atoms with Gasteiger partial charge in [0.05, 0.1) is 12.3 Å². The molecule has 0 amide bonds. The van der Waals surface area contributed by atoms with Crippen molar-refractivity contribution in [2.75, 3.05) is 12.3 Å². The molecule has 1 heterocycles. The molecule has 2 rings (SSSR count). The fourth-order valence-corrected chi connectivity index (χ4v) is 1.77. The minimum atomic E-state index is 0.552. The molecule has 17 heavy (non-hydrogen) atoms. The number of benzene rings is 1. The summed E-state index contributed by atoms with van der Waals surface area (Å²) in [5, 5.41) is 4.28. The van der Waals surface area contributed by atoms with Crippen molar-refractivity contribution in [2.24, 2.45) is 0 Å².